The third-order valence-corrected chi connectivity index (χ3v) is 6.80. The molecule has 0 aliphatic carbocycles. The van der Waals surface area contributed by atoms with Gasteiger partial charge in [0.1, 0.15) is 11.3 Å². The van der Waals surface area contributed by atoms with Crippen molar-refractivity contribution in [3.8, 4) is 28.3 Å². The van der Waals surface area contributed by atoms with Gasteiger partial charge in [0.15, 0.2) is 11.5 Å². The Morgan fingerprint density at radius 1 is 0.947 bits per heavy atom. The quantitative estimate of drug-likeness (QED) is 0.344. The van der Waals surface area contributed by atoms with Crippen LogP contribution in [0.25, 0.3) is 39.5 Å². The van der Waals surface area contributed by atoms with Gasteiger partial charge in [0, 0.05) is 37.1 Å². The van der Waals surface area contributed by atoms with E-state index >= 15 is 0 Å². The number of hydrogen-bond acceptors (Lipinski definition) is 6. The van der Waals surface area contributed by atoms with Crippen molar-refractivity contribution in [2.75, 3.05) is 25.5 Å². The van der Waals surface area contributed by atoms with Crippen LogP contribution in [-0.4, -0.2) is 55.0 Å². The molecule has 0 saturated carbocycles. The molecule has 8 nitrogen and oxygen atoms in total. The van der Waals surface area contributed by atoms with Gasteiger partial charge in [-0.2, -0.15) is 0 Å². The summed E-state index contributed by atoms with van der Waals surface area (Å²) in [6.45, 7) is 6.51. The summed E-state index contributed by atoms with van der Waals surface area (Å²) in [4.78, 5) is 30.2. The fourth-order valence-electron chi connectivity index (χ4n) is 4.85. The molecule has 38 heavy (non-hydrogen) atoms. The smallest absolute Gasteiger partial charge is 0.247 e. The minimum Gasteiger partial charge on any atom is -0.383 e. The molecule has 0 radical (unpaired) electrons. The molecule has 2 N–H and O–H groups in total. The van der Waals surface area contributed by atoms with Gasteiger partial charge in [0.2, 0.25) is 5.91 Å². The zero-order valence-electron chi connectivity index (χ0n) is 20.9. The molecule has 2 aromatic carbocycles. The van der Waals surface area contributed by atoms with E-state index in [0.717, 1.165) is 58.9 Å². The van der Waals surface area contributed by atoms with Crippen LogP contribution in [0.1, 0.15) is 5.56 Å². The van der Waals surface area contributed by atoms with E-state index in [4.69, 9.17) is 15.7 Å². The molecule has 1 aliphatic rings. The normalized spacial score (nSPS) is 13.7. The SMILES string of the molecule is C=CC(=O)N1CCN(Cc2ccc(-n3c(-c4cccnc4N)nc4ccc(-c5ccccc5)nc43)cc2)C1. The van der Waals surface area contributed by atoms with Crippen LogP contribution in [0.4, 0.5) is 5.82 Å². The van der Waals surface area contributed by atoms with Gasteiger partial charge in [-0.15, -0.1) is 0 Å². The van der Waals surface area contributed by atoms with Crippen LogP contribution in [-0.2, 0) is 11.3 Å². The number of carbonyl (C=O) groups excluding carboxylic acids is 1. The monoisotopic (exact) mass is 501 g/mol. The standard InChI is InChI=1S/C30H27N7O/c1-2-27(38)36-18-17-35(20-36)19-21-10-12-23(13-11-21)37-29(24-9-6-16-32-28(24)31)34-26-15-14-25(33-30(26)37)22-7-4-3-5-8-22/h2-16H,1,17-20H2,(H2,31,32). The summed E-state index contributed by atoms with van der Waals surface area (Å²) in [6, 6.07) is 26.2. The molecule has 1 aliphatic heterocycles. The van der Waals surface area contributed by atoms with E-state index < -0.39 is 0 Å². The van der Waals surface area contributed by atoms with E-state index in [-0.39, 0.29) is 5.91 Å². The second-order valence-electron chi connectivity index (χ2n) is 9.28. The van der Waals surface area contributed by atoms with Gasteiger partial charge in [-0.05, 0) is 48.0 Å². The first kappa shape index (κ1) is 23.6. The Hall–Kier alpha value is -4.82. The van der Waals surface area contributed by atoms with Crippen molar-refractivity contribution in [2.24, 2.45) is 0 Å². The molecule has 1 saturated heterocycles. The van der Waals surface area contributed by atoms with Crippen molar-refractivity contribution >= 4 is 22.9 Å². The van der Waals surface area contributed by atoms with Gasteiger partial charge >= 0.3 is 0 Å². The van der Waals surface area contributed by atoms with E-state index in [1.54, 1.807) is 11.1 Å². The van der Waals surface area contributed by atoms with E-state index in [2.05, 4.69) is 40.7 Å². The lowest BCUT2D eigenvalue weighted by molar-refractivity contribution is -0.125. The third-order valence-electron chi connectivity index (χ3n) is 6.80. The van der Waals surface area contributed by atoms with Crippen LogP contribution in [0.15, 0.2) is 97.7 Å². The van der Waals surface area contributed by atoms with E-state index in [0.29, 0.717) is 18.3 Å². The molecule has 5 aromatic rings. The Bertz CT molecular complexity index is 1630. The minimum absolute atomic E-state index is 0.0283. The first-order valence-electron chi connectivity index (χ1n) is 12.5. The van der Waals surface area contributed by atoms with Gasteiger partial charge < -0.3 is 10.6 Å². The average Bonchev–Trinajstić information content (AvgIpc) is 3.58. The molecular weight excluding hydrogens is 474 g/mol. The van der Waals surface area contributed by atoms with Gasteiger partial charge in [-0.25, -0.2) is 15.0 Å². The number of nitrogens with zero attached hydrogens (tertiary/aromatic N) is 6. The van der Waals surface area contributed by atoms with Crippen LogP contribution in [0, 0.1) is 0 Å². The second-order valence-corrected chi connectivity index (χ2v) is 9.28. The molecular formula is C30H27N7O. The molecule has 6 rings (SSSR count). The molecule has 8 heteroatoms. The Labute approximate surface area is 220 Å². The van der Waals surface area contributed by atoms with Crippen molar-refractivity contribution in [3.05, 3.63) is 103 Å². The number of imidazole rings is 1. The van der Waals surface area contributed by atoms with Gasteiger partial charge in [0.05, 0.1) is 17.9 Å². The summed E-state index contributed by atoms with van der Waals surface area (Å²) >= 11 is 0. The van der Waals surface area contributed by atoms with Crippen molar-refractivity contribution in [1.82, 2.24) is 29.3 Å². The number of anilines is 1. The number of aromatic nitrogens is 4. The van der Waals surface area contributed by atoms with E-state index in [9.17, 15) is 4.79 Å². The number of fused-ring (bicyclic) bond motifs is 1. The fourth-order valence-corrected chi connectivity index (χ4v) is 4.85. The largest absolute Gasteiger partial charge is 0.383 e. The van der Waals surface area contributed by atoms with Gasteiger partial charge in [0.25, 0.3) is 0 Å². The zero-order chi connectivity index (χ0) is 26.1. The number of benzene rings is 2. The highest BCUT2D eigenvalue weighted by molar-refractivity contribution is 5.87. The second kappa shape index (κ2) is 9.91. The topological polar surface area (TPSA) is 93.2 Å². The number of carbonyl (C=O) groups is 1. The molecule has 0 bridgehead atoms. The van der Waals surface area contributed by atoms with Crippen molar-refractivity contribution in [1.29, 1.82) is 0 Å². The Balaban J connectivity index is 1.39. The Kier molecular flexibility index (Phi) is 6.15. The fraction of sp³-hybridized carbons (Fsp3) is 0.133. The predicted molar refractivity (Wildman–Crippen MR) is 149 cm³/mol. The molecule has 0 spiro atoms. The molecule has 188 valence electrons. The minimum atomic E-state index is -0.0283. The lowest BCUT2D eigenvalue weighted by Crippen LogP contribution is -2.29. The number of rotatable bonds is 6. The van der Waals surface area contributed by atoms with E-state index in [1.807, 2.05) is 59.2 Å². The Morgan fingerprint density at radius 2 is 1.76 bits per heavy atom. The van der Waals surface area contributed by atoms with Crippen molar-refractivity contribution in [3.63, 3.8) is 0 Å². The maximum atomic E-state index is 11.9. The molecule has 1 fully saturated rings. The van der Waals surface area contributed by atoms with Crippen molar-refractivity contribution in [2.45, 2.75) is 6.54 Å². The lowest BCUT2D eigenvalue weighted by atomic mass is 10.1. The zero-order valence-corrected chi connectivity index (χ0v) is 20.9. The summed E-state index contributed by atoms with van der Waals surface area (Å²) < 4.78 is 2.04. The molecule has 4 heterocycles. The molecule has 0 unspecified atom stereocenters. The lowest BCUT2D eigenvalue weighted by Gasteiger charge is -2.17. The highest BCUT2D eigenvalue weighted by atomic mass is 16.2. The van der Waals surface area contributed by atoms with Crippen LogP contribution < -0.4 is 5.73 Å². The molecule has 1 amide bonds. The Morgan fingerprint density at radius 3 is 2.53 bits per heavy atom. The number of nitrogen functional groups attached to an aromatic ring is 1. The first-order valence-corrected chi connectivity index (χ1v) is 12.5. The number of hydrogen-bond donors (Lipinski definition) is 1. The van der Waals surface area contributed by atoms with Crippen LogP contribution in [0.5, 0.6) is 0 Å². The molecule has 3 aromatic heterocycles. The molecule has 0 atom stereocenters. The van der Waals surface area contributed by atoms with Gasteiger partial charge in [-0.3, -0.25) is 14.3 Å². The summed E-state index contributed by atoms with van der Waals surface area (Å²) in [5.41, 5.74) is 12.5. The summed E-state index contributed by atoms with van der Waals surface area (Å²) in [6.07, 6.45) is 3.05. The summed E-state index contributed by atoms with van der Waals surface area (Å²) in [7, 11) is 0. The predicted octanol–water partition coefficient (Wildman–Crippen LogP) is 4.52. The number of nitrogens with two attached hydrogens (primary N) is 1. The number of pyridine rings is 2. The third kappa shape index (κ3) is 4.42. The van der Waals surface area contributed by atoms with Crippen LogP contribution in [0.2, 0.25) is 0 Å². The highest BCUT2D eigenvalue weighted by Crippen LogP contribution is 2.31. The van der Waals surface area contributed by atoms with Crippen LogP contribution >= 0.6 is 0 Å². The first-order chi connectivity index (χ1) is 18.6. The maximum Gasteiger partial charge on any atom is 0.247 e. The van der Waals surface area contributed by atoms with Gasteiger partial charge in [-0.1, -0.05) is 49.0 Å². The van der Waals surface area contributed by atoms with Crippen LogP contribution in [0.3, 0.4) is 0 Å². The van der Waals surface area contributed by atoms with Crippen molar-refractivity contribution < 1.29 is 4.79 Å². The van der Waals surface area contributed by atoms with E-state index in [1.165, 1.54) is 6.08 Å². The summed E-state index contributed by atoms with van der Waals surface area (Å²) in [5, 5.41) is 0. The summed E-state index contributed by atoms with van der Waals surface area (Å²) in [5.74, 6) is 1.07. The highest BCUT2D eigenvalue weighted by Gasteiger charge is 2.23. The maximum absolute atomic E-state index is 11.9. The number of amides is 1. The average molecular weight is 502 g/mol.